The van der Waals surface area contributed by atoms with E-state index in [-0.39, 0.29) is 11.9 Å². The van der Waals surface area contributed by atoms with E-state index in [4.69, 9.17) is 0 Å². The van der Waals surface area contributed by atoms with Crippen LogP contribution in [0.15, 0.2) is 42.6 Å². The second-order valence-electron chi connectivity index (χ2n) is 7.86. The number of methoxy groups -OCH3 is 1. The number of carbonyl (C=O) groups is 2. The van der Waals surface area contributed by atoms with E-state index >= 15 is 0 Å². The summed E-state index contributed by atoms with van der Waals surface area (Å²) in [5, 5.41) is 2.91. The maximum absolute atomic E-state index is 12.8. The molecule has 1 aromatic carbocycles. The van der Waals surface area contributed by atoms with Gasteiger partial charge in [-0.1, -0.05) is 12.1 Å². The number of pyridine rings is 1. The number of nitrogens with zero attached hydrogens (tertiary/aromatic N) is 3. The fourth-order valence-electron chi connectivity index (χ4n) is 3.67. The van der Waals surface area contributed by atoms with Gasteiger partial charge >= 0.3 is 12.1 Å². The van der Waals surface area contributed by atoms with Gasteiger partial charge in [-0.05, 0) is 43.2 Å². The Kier molecular flexibility index (Phi) is 7.91. The summed E-state index contributed by atoms with van der Waals surface area (Å²) in [6, 6.07) is 8.89. The summed E-state index contributed by atoms with van der Waals surface area (Å²) in [6.45, 7) is 4.66. The number of hydrogen-bond acceptors (Lipinski definition) is 6. The number of anilines is 1. The third-order valence-corrected chi connectivity index (χ3v) is 5.70. The number of benzene rings is 1. The summed E-state index contributed by atoms with van der Waals surface area (Å²) in [7, 11) is 1.32. The van der Waals surface area contributed by atoms with Crippen molar-refractivity contribution < 1.29 is 27.5 Å². The van der Waals surface area contributed by atoms with Crippen LogP contribution in [0, 0.1) is 0 Å². The van der Waals surface area contributed by atoms with Gasteiger partial charge in [-0.2, -0.15) is 13.2 Å². The number of nitrogens with one attached hydrogen (secondary N) is 1. The average molecular weight is 464 g/mol. The molecule has 3 rings (SSSR count). The van der Waals surface area contributed by atoms with E-state index in [1.165, 1.54) is 13.2 Å². The molecular formula is C23H27F3N4O3. The molecule has 1 saturated heterocycles. The summed E-state index contributed by atoms with van der Waals surface area (Å²) < 4.78 is 43.0. The van der Waals surface area contributed by atoms with E-state index in [0.29, 0.717) is 44.1 Å². The van der Waals surface area contributed by atoms with Gasteiger partial charge in [-0.15, -0.1) is 0 Å². The molecule has 33 heavy (non-hydrogen) atoms. The fraction of sp³-hybridized carbons (Fsp3) is 0.435. The Morgan fingerprint density at radius 2 is 1.82 bits per heavy atom. The van der Waals surface area contributed by atoms with Crippen molar-refractivity contribution in [3.05, 3.63) is 59.3 Å². The Labute approximate surface area is 190 Å². The molecule has 1 atom stereocenters. The molecule has 0 saturated carbocycles. The van der Waals surface area contributed by atoms with E-state index in [1.807, 2.05) is 11.8 Å². The van der Waals surface area contributed by atoms with Crippen molar-refractivity contribution in [3.63, 3.8) is 0 Å². The van der Waals surface area contributed by atoms with Crippen molar-refractivity contribution in [2.75, 3.05) is 38.2 Å². The van der Waals surface area contributed by atoms with Crippen LogP contribution >= 0.6 is 0 Å². The molecular weight excluding hydrogens is 437 g/mol. The van der Waals surface area contributed by atoms with Crippen LogP contribution in [0.3, 0.4) is 0 Å². The molecule has 1 unspecified atom stereocenters. The van der Waals surface area contributed by atoms with Gasteiger partial charge in [0.2, 0.25) is 5.91 Å². The molecule has 1 amide bonds. The summed E-state index contributed by atoms with van der Waals surface area (Å²) in [4.78, 5) is 32.1. The number of hydrogen-bond donors (Lipinski definition) is 1. The lowest BCUT2D eigenvalue weighted by atomic mass is 10.1. The van der Waals surface area contributed by atoms with E-state index in [9.17, 15) is 22.8 Å². The minimum atomic E-state index is -4.41. The molecule has 0 bridgehead atoms. The smallest absolute Gasteiger partial charge is 0.417 e. The van der Waals surface area contributed by atoms with E-state index in [0.717, 1.165) is 24.2 Å². The lowest BCUT2D eigenvalue weighted by molar-refractivity contribution is -0.137. The van der Waals surface area contributed by atoms with Crippen LogP contribution in [-0.4, -0.2) is 61.1 Å². The second-order valence-corrected chi connectivity index (χ2v) is 7.86. The minimum absolute atomic E-state index is 0.117. The number of rotatable bonds is 6. The van der Waals surface area contributed by atoms with Gasteiger partial charge < -0.3 is 15.0 Å². The normalized spacial score (nSPS) is 16.1. The first-order chi connectivity index (χ1) is 15.7. The Hall–Kier alpha value is -3.14. The minimum Gasteiger partial charge on any atom is -0.465 e. The second kappa shape index (κ2) is 10.7. The van der Waals surface area contributed by atoms with Crippen LogP contribution < -0.4 is 10.2 Å². The van der Waals surface area contributed by atoms with Crippen LogP contribution in [0.2, 0.25) is 0 Å². The standard InChI is InChI=1S/C23H27F3N4O3/c1-16(21(31)28-14-17-4-6-18(7-5-17)22(32)33-2)29-10-3-11-30(13-12-29)20-9-8-19(15-27-20)23(24,25)26/h4-9,15-16H,3,10-14H2,1-2H3,(H,28,31). The van der Waals surface area contributed by atoms with Crippen molar-refractivity contribution >= 4 is 17.7 Å². The molecule has 1 aliphatic heterocycles. The van der Waals surface area contributed by atoms with Gasteiger partial charge in [0.15, 0.2) is 0 Å². The predicted octanol–water partition coefficient (Wildman–Crippen LogP) is 3.10. The van der Waals surface area contributed by atoms with Crippen LogP contribution in [0.5, 0.6) is 0 Å². The van der Waals surface area contributed by atoms with Crippen molar-refractivity contribution in [1.82, 2.24) is 15.2 Å². The lowest BCUT2D eigenvalue weighted by Gasteiger charge is -2.27. The number of esters is 1. The zero-order valence-corrected chi connectivity index (χ0v) is 18.6. The van der Waals surface area contributed by atoms with Crippen LogP contribution in [0.4, 0.5) is 19.0 Å². The summed E-state index contributed by atoms with van der Waals surface area (Å²) in [5.41, 5.74) is 0.532. The molecule has 0 spiro atoms. The first-order valence-corrected chi connectivity index (χ1v) is 10.7. The summed E-state index contributed by atoms with van der Waals surface area (Å²) >= 11 is 0. The van der Waals surface area contributed by atoms with Crippen molar-refractivity contribution in [2.24, 2.45) is 0 Å². The maximum atomic E-state index is 12.8. The highest BCUT2D eigenvalue weighted by atomic mass is 19.4. The molecule has 178 valence electrons. The van der Waals surface area contributed by atoms with Gasteiger partial charge in [-0.3, -0.25) is 9.69 Å². The third kappa shape index (κ3) is 6.44. The number of ether oxygens (including phenoxy) is 1. The molecule has 2 aromatic rings. The summed E-state index contributed by atoms with van der Waals surface area (Å²) in [5.74, 6) is -0.0357. The number of halogens is 3. The van der Waals surface area contributed by atoms with Gasteiger partial charge in [0, 0.05) is 38.9 Å². The molecule has 1 aromatic heterocycles. The van der Waals surface area contributed by atoms with Crippen LogP contribution in [0.1, 0.15) is 34.8 Å². The third-order valence-electron chi connectivity index (χ3n) is 5.70. The SMILES string of the molecule is COC(=O)c1ccc(CNC(=O)C(C)N2CCCN(c3ccc(C(F)(F)F)cn3)CC2)cc1. The average Bonchev–Trinajstić information content (AvgIpc) is 3.07. The molecule has 0 aliphatic carbocycles. The Morgan fingerprint density at radius 3 is 2.42 bits per heavy atom. The van der Waals surface area contributed by atoms with Crippen LogP contribution in [-0.2, 0) is 22.3 Å². The van der Waals surface area contributed by atoms with E-state index < -0.39 is 17.7 Å². The number of amides is 1. The fourth-order valence-corrected chi connectivity index (χ4v) is 3.67. The molecule has 10 heteroatoms. The first kappa shape index (κ1) is 24.5. The monoisotopic (exact) mass is 464 g/mol. The largest absolute Gasteiger partial charge is 0.465 e. The molecule has 1 fully saturated rings. The zero-order valence-electron chi connectivity index (χ0n) is 18.6. The molecule has 0 radical (unpaired) electrons. The van der Waals surface area contributed by atoms with Crippen molar-refractivity contribution in [3.8, 4) is 0 Å². The quantitative estimate of drug-likeness (QED) is 0.663. The predicted molar refractivity (Wildman–Crippen MR) is 117 cm³/mol. The maximum Gasteiger partial charge on any atom is 0.417 e. The Bertz CT molecular complexity index is 949. The van der Waals surface area contributed by atoms with Crippen molar-refractivity contribution in [2.45, 2.75) is 32.1 Å². The van der Waals surface area contributed by atoms with Crippen molar-refractivity contribution in [1.29, 1.82) is 0 Å². The van der Waals surface area contributed by atoms with E-state index in [2.05, 4.69) is 19.9 Å². The lowest BCUT2D eigenvalue weighted by Crippen LogP contribution is -2.46. The van der Waals surface area contributed by atoms with Gasteiger partial charge in [0.25, 0.3) is 0 Å². The zero-order chi connectivity index (χ0) is 24.0. The molecule has 1 N–H and O–H groups in total. The number of alkyl halides is 3. The van der Waals surface area contributed by atoms with Crippen LogP contribution in [0.25, 0.3) is 0 Å². The van der Waals surface area contributed by atoms with Gasteiger partial charge in [0.1, 0.15) is 5.82 Å². The highest BCUT2D eigenvalue weighted by molar-refractivity contribution is 5.89. The number of carbonyl (C=O) groups excluding carboxylic acids is 2. The Balaban J connectivity index is 1.51. The highest BCUT2D eigenvalue weighted by Crippen LogP contribution is 2.29. The molecule has 2 heterocycles. The summed E-state index contributed by atoms with van der Waals surface area (Å²) in [6.07, 6.45) is -2.80. The van der Waals surface area contributed by atoms with Gasteiger partial charge in [-0.25, -0.2) is 9.78 Å². The van der Waals surface area contributed by atoms with Gasteiger partial charge in [0.05, 0.1) is 24.3 Å². The topological polar surface area (TPSA) is 74.8 Å². The molecule has 7 nitrogen and oxygen atoms in total. The first-order valence-electron chi connectivity index (χ1n) is 10.7. The molecule has 1 aliphatic rings. The number of aromatic nitrogens is 1. The Morgan fingerprint density at radius 1 is 1.09 bits per heavy atom. The highest BCUT2D eigenvalue weighted by Gasteiger charge is 2.31. The van der Waals surface area contributed by atoms with E-state index in [1.54, 1.807) is 24.3 Å².